The van der Waals surface area contributed by atoms with E-state index in [1.165, 1.54) is 30.3 Å². The predicted octanol–water partition coefficient (Wildman–Crippen LogP) is 1.14. The second-order valence-corrected chi connectivity index (χ2v) is 7.46. The summed E-state index contributed by atoms with van der Waals surface area (Å²) in [5, 5.41) is 22.4. The average molecular weight is 416 g/mol. The van der Waals surface area contributed by atoms with Crippen LogP contribution < -0.4 is 16.5 Å². The molecule has 5 N–H and O–H groups in total. The normalized spacial score (nSPS) is 16.6. The summed E-state index contributed by atoms with van der Waals surface area (Å²) in [4.78, 5) is 36.9. The zero-order chi connectivity index (χ0) is 21.9. The lowest BCUT2D eigenvalue weighted by atomic mass is 9.74. The van der Waals surface area contributed by atoms with Crippen molar-refractivity contribution in [1.29, 1.82) is 0 Å². The zero-order valence-electron chi connectivity index (χ0n) is 16.5. The van der Waals surface area contributed by atoms with Gasteiger partial charge in [-0.1, -0.05) is 12.1 Å². The van der Waals surface area contributed by atoms with Gasteiger partial charge < -0.3 is 30.4 Å². The third kappa shape index (κ3) is 4.46. The Bertz CT molecular complexity index is 991. The van der Waals surface area contributed by atoms with Crippen molar-refractivity contribution >= 4 is 11.8 Å². The number of benzene rings is 1. The number of carbonyl (C=O) groups excluding carboxylic acids is 2. The van der Waals surface area contributed by atoms with Gasteiger partial charge in [-0.05, 0) is 37.5 Å². The number of primary amides is 1. The number of phenolic OH excluding ortho intramolecular Hbond substituents is 1. The first-order valence-corrected chi connectivity index (χ1v) is 9.51. The Morgan fingerprint density at radius 2 is 1.83 bits per heavy atom. The molecule has 2 aromatic rings. The van der Waals surface area contributed by atoms with Crippen LogP contribution in [0.15, 0.2) is 39.5 Å². The smallest absolute Gasteiger partial charge is 0.244 e. The van der Waals surface area contributed by atoms with Crippen LogP contribution in [0.1, 0.15) is 42.4 Å². The molecule has 0 aliphatic carbocycles. The molecule has 0 spiro atoms. The van der Waals surface area contributed by atoms with Gasteiger partial charge in [-0.15, -0.1) is 0 Å². The summed E-state index contributed by atoms with van der Waals surface area (Å²) in [6.07, 6.45) is 0.555. The highest BCUT2D eigenvalue weighted by Crippen LogP contribution is 2.41. The van der Waals surface area contributed by atoms with Crippen LogP contribution in [-0.2, 0) is 19.7 Å². The summed E-state index contributed by atoms with van der Waals surface area (Å²) in [7, 11) is 0. The van der Waals surface area contributed by atoms with E-state index in [1.807, 2.05) is 0 Å². The van der Waals surface area contributed by atoms with Gasteiger partial charge in [0.05, 0.1) is 0 Å². The number of hydrogen-bond acceptors (Lipinski definition) is 7. The number of rotatable bonds is 6. The van der Waals surface area contributed by atoms with E-state index in [1.54, 1.807) is 6.92 Å². The molecule has 1 fully saturated rings. The van der Waals surface area contributed by atoms with Gasteiger partial charge in [-0.25, -0.2) is 0 Å². The number of aryl methyl sites for hydroxylation is 1. The molecule has 3 rings (SSSR count). The monoisotopic (exact) mass is 416 g/mol. The van der Waals surface area contributed by atoms with Crippen LogP contribution in [0, 0.1) is 6.92 Å². The van der Waals surface area contributed by atoms with Crippen LogP contribution in [0.2, 0.25) is 0 Å². The molecular weight excluding hydrogens is 392 g/mol. The number of carbonyl (C=O) groups is 2. The standard InChI is InChI=1S/C21H24N2O7/c1-12-10-15(25)18(27)19(30-12)21(6-8-29-9-7-21)11-16(26)23-17(20(22)28)13-2-4-14(24)5-3-13/h2-5,10,17,24,27H,6-9,11H2,1H3,(H2,22,28)(H,23,26). The molecule has 1 atom stereocenters. The maximum absolute atomic E-state index is 12.9. The lowest BCUT2D eigenvalue weighted by Gasteiger charge is -2.36. The number of nitrogens with two attached hydrogens (primary N) is 1. The van der Waals surface area contributed by atoms with Crippen LogP contribution in [0.5, 0.6) is 11.5 Å². The zero-order valence-corrected chi connectivity index (χ0v) is 16.5. The van der Waals surface area contributed by atoms with Crippen LogP contribution in [-0.4, -0.2) is 35.2 Å². The van der Waals surface area contributed by atoms with Crippen molar-refractivity contribution in [2.24, 2.45) is 5.73 Å². The van der Waals surface area contributed by atoms with E-state index in [4.69, 9.17) is 14.9 Å². The van der Waals surface area contributed by atoms with E-state index in [9.17, 15) is 24.6 Å². The van der Waals surface area contributed by atoms with Crippen molar-refractivity contribution in [3.05, 3.63) is 57.6 Å². The minimum Gasteiger partial charge on any atom is -0.508 e. The van der Waals surface area contributed by atoms with Gasteiger partial charge in [0.25, 0.3) is 0 Å². The molecule has 1 aromatic heterocycles. The number of nitrogens with one attached hydrogen (secondary N) is 1. The summed E-state index contributed by atoms with van der Waals surface area (Å²) in [5.41, 5.74) is 4.33. The third-order valence-corrected chi connectivity index (χ3v) is 5.29. The van der Waals surface area contributed by atoms with Crippen molar-refractivity contribution in [1.82, 2.24) is 5.32 Å². The molecule has 1 unspecified atom stereocenters. The number of phenols is 1. The molecule has 2 heterocycles. The maximum atomic E-state index is 12.9. The largest absolute Gasteiger partial charge is 0.508 e. The van der Waals surface area contributed by atoms with E-state index >= 15 is 0 Å². The van der Waals surface area contributed by atoms with Crippen LogP contribution in [0.4, 0.5) is 0 Å². The fourth-order valence-corrected chi connectivity index (χ4v) is 3.71. The van der Waals surface area contributed by atoms with Crippen LogP contribution in [0.25, 0.3) is 0 Å². The highest BCUT2D eigenvalue weighted by Gasteiger charge is 2.42. The van der Waals surface area contributed by atoms with Gasteiger partial charge in [0.1, 0.15) is 17.6 Å². The number of amides is 2. The SMILES string of the molecule is Cc1cc(=O)c(O)c(C2(CC(=O)NC(C(N)=O)c3ccc(O)cc3)CCOCC2)o1. The molecule has 30 heavy (non-hydrogen) atoms. The van der Waals surface area contributed by atoms with E-state index in [0.717, 1.165) is 0 Å². The van der Waals surface area contributed by atoms with Crippen molar-refractivity contribution in [3.8, 4) is 11.5 Å². The summed E-state index contributed by atoms with van der Waals surface area (Å²) < 4.78 is 11.1. The van der Waals surface area contributed by atoms with E-state index < -0.39 is 34.4 Å². The van der Waals surface area contributed by atoms with Crippen LogP contribution in [0.3, 0.4) is 0 Å². The van der Waals surface area contributed by atoms with Crippen molar-refractivity contribution in [2.45, 2.75) is 37.6 Å². The summed E-state index contributed by atoms with van der Waals surface area (Å²) in [6, 6.07) is 5.82. The molecule has 0 radical (unpaired) electrons. The second-order valence-electron chi connectivity index (χ2n) is 7.46. The molecule has 1 aromatic carbocycles. The number of hydrogen-bond donors (Lipinski definition) is 4. The highest BCUT2D eigenvalue weighted by atomic mass is 16.5. The van der Waals surface area contributed by atoms with Gasteiger partial charge in [-0.3, -0.25) is 14.4 Å². The first-order valence-electron chi connectivity index (χ1n) is 9.51. The molecular formula is C21H24N2O7. The van der Waals surface area contributed by atoms with Gasteiger partial charge in [0.15, 0.2) is 5.76 Å². The third-order valence-electron chi connectivity index (χ3n) is 5.29. The summed E-state index contributed by atoms with van der Waals surface area (Å²) >= 11 is 0. The Morgan fingerprint density at radius 1 is 1.20 bits per heavy atom. The summed E-state index contributed by atoms with van der Waals surface area (Å²) in [6.45, 7) is 2.23. The molecule has 160 valence electrons. The van der Waals surface area contributed by atoms with Gasteiger partial charge in [-0.2, -0.15) is 0 Å². The molecule has 1 saturated heterocycles. The Balaban J connectivity index is 1.90. The molecule has 1 aliphatic heterocycles. The fraction of sp³-hybridized carbons (Fsp3) is 0.381. The lowest BCUT2D eigenvalue weighted by Crippen LogP contribution is -2.43. The van der Waals surface area contributed by atoms with E-state index in [-0.39, 0.29) is 17.9 Å². The van der Waals surface area contributed by atoms with E-state index in [2.05, 4.69) is 5.32 Å². The Labute approximate surface area is 172 Å². The van der Waals surface area contributed by atoms with Crippen molar-refractivity contribution in [3.63, 3.8) is 0 Å². The molecule has 0 bridgehead atoms. The molecule has 2 amide bonds. The lowest BCUT2D eigenvalue weighted by molar-refractivity contribution is -0.129. The van der Waals surface area contributed by atoms with Gasteiger partial charge in [0, 0.05) is 31.1 Å². The number of ether oxygens (including phenoxy) is 1. The predicted molar refractivity (Wildman–Crippen MR) is 106 cm³/mol. The maximum Gasteiger partial charge on any atom is 0.244 e. The number of aromatic hydroxyl groups is 2. The van der Waals surface area contributed by atoms with Crippen LogP contribution >= 0.6 is 0 Å². The first kappa shape index (κ1) is 21.4. The Hall–Kier alpha value is -3.33. The molecule has 9 nitrogen and oxygen atoms in total. The average Bonchev–Trinajstić information content (AvgIpc) is 2.70. The second kappa shape index (κ2) is 8.58. The molecule has 1 aliphatic rings. The van der Waals surface area contributed by atoms with E-state index in [0.29, 0.717) is 37.4 Å². The molecule has 0 saturated carbocycles. The topological polar surface area (TPSA) is 152 Å². The Kier molecular flexibility index (Phi) is 6.12. The quantitative estimate of drug-likeness (QED) is 0.551. The first-order chi connectivity index (χ1) is 14.2. The van der Waals surface area contributed by atoms with Crippen molar-refractivity contribution in [2.75, 3.05) is 13.2 Å². The molecule has 9 heteroatoms. The van der Waals surface area contributed by atoms with Crippen molar-refractivity contribution < 1.29 is 29.0 Å². The summed E-state index contributed by atoms with van der Waals surface area (Å²) in [5.74, 6) is -1.42. The fourth-order valence-electron chi connectivity index (χ4n) is 3.71. The highest BCUT2D eigenvalue weighted by molar-refractivity contribution is 5.88. The van der Waals surface area contributed by atoms with Gasteiger partial charge in [0.2, 0.25) is 23.0 Å². The Morgan fingerprint density at radius 3 is 2.43 bits per heavy atom. The minimum atomic E-state index is -1.10. The van der Waals surface area contributed by atoms with Gasteiger partial charge >= 0.3 is 0 Å². The minimum absolute atomic E-state index is 0.0133.